The number of hydrogen-bond acceptors (Lipinski definition) is 6. The predicted molar refractivity (Wildman–Crippen MR) is 132 cm³/mol. The lowest BCUT2D eigenvalue weighted by Gasteiger charge is -2.17. The average Bonchev–Trinajstić information content (AvgIpc) is 3.17. The second kappa shape index (κ2) is 10.7. The van der Waals surface area contributed by atoms with E-state index in [-0.39, 0.29) is 19.0 Å². The lowest BCUT2D eigenvalue weighted by Crippen LogP contribution is -2.27. The molecule has 3 aromatic rings. The molecule has 7 heteroatoms. The van der Waals surface area contributed by atoms with Crippen molar-refractivity contribution < 1.29 is 23.7 Å². The molecule has 1 aliphatic carbocycles. The molecule has 6 nitrogen and oxygen atoms in total. The SMILES string of the molecule is Cc1nc(OCCOCC(C)(C)O)ccc1-c1ccc(F)c(COc2cc3c(cn2)CC(C)C3)c1. The van der Waals surface area contributed by atoms with Crippen LogP contribution in [0.1, 0.15) is 43.2 Å². The minimum Gasteiger partial charge on any atom is -0.475 e. The van der Waals surface area contributed by atoms with E-state index in [9.17, 15) is 9.50 Å². The highest BCUT2D eigenvalue weighted by Gasteiger charge is 2.19. The predicted octanol–water partition coefficient (Wildman–Crippen LogP) is 5.07. The van der Waals surface area contributed by atoms with Crippen molar-refractivity contribution in [2.45, 2.75) is 52.7 Å². The first kappa shape index (κ1) is 25.1. The van der Waals surface area contributed by atoms with Gasteiger partial charge in [0.2, 0.25) is 11.8 Å². The van der Waals surface area contributed by atoms with E-state index in [2.05, 4.69) is 16.9 Å². The number of aryl methyl sites for hydroxylation is 1. The van der Waals surface area contributed by atoms with Crippen LogP contribution in [-0.2, 0) is 24.2 Å². The molecular weight excluding hydrogens is 447 g/mol. The molecule has 1 aliphatic rings. The van der Waals surface area contributed by atoms with Gasteiger partial charge in [-0.1, -0.05) is 13.0 Å². The first-order valence-electron chi connectivity index (χ1n) is 12.0. The van der Waals surface area contributed by atoms with Gasteiger partial charge in [0.05, 0.1) is 18.8 Å². The van der Waals surface area contributed by atoms with Gasteiger partial charge < -0.3 is 19.3 Å². The second-order valence-corrected chi connectivity index (χ2v) is 9.90. The van der Waals surface area contributed by atoms with Gasteiger partial charge in [0, 0.05) is 35.2 Å². The molecule has 0 amide bonds. The number of halogens is 1. The van der Waals surface area contributed by atoms with Crippen LogP contribution in [0.4, 0.5) is 4.39 Å². The highest BCUT2D eigenvalue weighted by molar-refractivity contribution is 5.67. The maximum absolute atomic E-state index is 14.5. The van der Waals surface area contributed by atoms with Crippen LogP contribution in [0.5, 0.6) is 11.8 Å². The molecule has 2 aromatic heterocycles. The molecule has 1 unspecified atom stereocenters. The minimum absolute atomic E-state index is 0.0966. The van der Waals surface area contributed by atoms with Gasteiger partial charge in [0.1, 0.15) is 19.0 Å². The Kier molecular flexibility index (Phi) is 7.67. The van der Waals surface area contributed by atoms with E-state index in [0.717, 1.165) is 29.7 Å². The van der Waals surface area contributed by atoms with Gasteiger partial charge in [-0.2, -0.15) is 0 Å². The summed E-state index contributed by atoms with van der Waals surface area (Å²) in [5, 5.41) is 9.67. The van der Waals surface area contributed by atoms with Gasteiger partial charge in [-0.15, -0.1) is 0 Å². The largest absolute Gasteiger partial charge is 0.475 e. The quantitative estimate of drug-likeness (QED) is 0.409. The van der Waals surface area contributed by atoms with Crippen molar-refractivity contribution in [1.29, 1.82) is 0 Å². The standard InChI is InChI=1S/C28H33FN2O4/c1-18-11-21-14-27(30-15-22(21)12-18)35-16-23-13-20(5-7-25(23)29)24-6-8-26(31-19(24)2)34-10-9-33-17-28(3,4)32/h5-8,13-15,18,32H,9-12,16-17H2,1-4H3. The molecule has 0 spiro atoms. The molecule has 4 rings (SSSR count). The summed E-state index contributed by atoms with van der Waals surface area (Å²) >= 11 is 0. The highest BCUT2D eigenvalue weighted by atomic mass is 19.1. The van der Waals surface area contributed by atoms with Crippen LogP contribution in [0.25, 0.3) is 11.1 Å². The van der Waals surface area contributed by atoms with E-state index in [0.29, 0.717) is 36.5 Å². The van der Waals surface area contributed by atoms with Gasteiger partial charge in [-0.05, 0) is 74.4 Å². The van der Waals surface area contributed by atoms with Crippen LogP contribution in [-0.4, -0.2) is 40.5 Å². The van der Waals surface area contributed by atoms with Crippen molar-refractivity contribution in [3.63, 3.8) is 0 Å². The lowest BCUT2D eigenvalue weighted by atomic mass is 10.0. The Morgan fingerprint density at radius 1 is 1.03 bits per heavy atom. The van der Waals surface area contributed by atoms with Crippen LogP contribution >= 0.6 is 0 Å². The molecule has 0 bridgehead atoms. The molecule has 1 atom stereocenters. The zero-order valence-corrected chi connectivity index (χ0v) is 20.8. The summed E-state index contributed by atoms with van der Waals surface area (Å²) in [6, 6.07) is 10.7. The Labute approximate surface area is 206 Å². The zero-order valence-electron chi connectivity index (χ0n) is 20.8. The van der Waals surface area contributed by atoms with Crippen molar-refractivity contribution in [3.8, 4) is 22.9 Å². The van der Waals surface area contributed by atoms with Crippen molar-refractivity contribution in [2.24, 2.45) is 5.92 Å². The van der Waals surface area contributed by atoms with Crippen LogP contribution in [0.15, 0.2) is 42.6 Å². The minimum atomic E-state index is -0.869. The third-order valence-electron chi connectivity index (χ3n) is 5.92. The molecule has 0 saturated carbocycles. The fourth-order valence-electron chi connectivity index (χ4n) is 4.23. The third kappa shape index (κ3) is 6.77. The Hall–Kier alpha value is -3.03. The fourth-order valence-corrected chi connectivity index (χ4v) is 4.23. The van der Waals surface area contributed by atoms with Gasteiger partial charge in [-0.25, -0.2) is 14.4 Å². The number of nitrogens with zero attached hydrogens (tertiary/aromatic N) is 2. The molecule has 2 heterocycles. The van der Waals surface area contributed by atoms with E-state index in [1.54, 1.807) is 32.0 Å². The monoisotopic (exact) mass is 480 g/mol. The van der Waals surface area contributed by atoms with Gasteiger partial charge in [-0.3, -0.25) is 0 Å². The molecule has 186 valence electrons. The molecule has 1 N–H and O–H groups in total. The second-order valence-electron chi connectivity index (χ2n) is 9.90. The molecule has 0 fully saturated rings. The molecule has 0 radical (unpaired) electrons. The van der Waals surface area contributed by atoms with E-state index in [1.807, 2.05) is 25.3 Å². The number of ether oxygens (including phenoxy) is 3. The van der Waals surface area contributed by atoms with Gasteiger partial charge in [0.25, 0.3) is 0 Å². The van der Waals surface area contributed by atoms with Gasteiger partial charge in [0.15, 0.2) is 0 Å². The number of pyridine rings is 2. The summed E-state index contributed by atoms with van der Waals surface area (Å²) in [5.41, 5.74) is 4.65. The summed E-state index contributed by atoms with van der Waals surface area (Å²) in [4.78, 5) is 8.91. The number of benzene rings is 1. The van der Waals surface area contributed by atoms with Crippen LogP contribution in [0.3, 0.4) is 0 Å². The van der Waals surface area contributed by atoms with Crippen molar-refractivity contribution >= 4 is 0 Å². The van der Waals surface area contributed by atoms with Crippen LogP contribution < -0.4 is 9.47 Å². The van der Waals surface area contributed by atoms with Crippen LogP contribution in [0.2, 0.25) is 0 Å². The molecular formula is C28H33FN2O4. The summed E-state index contributed by atoms with van der Waals surface area (Å²) in [6.07, 6.45) is 3.95. The van der Waals surface area contributed by atoms with E-state index >= 15 is 0 Å². The number of aromatic nitrogens is 2. The topological polar surface area (TPSA) is 73.7 Å². The van der Waals surface area contributed by atoms with Crippen LogP contribution in [0, 0.1) is 18.7 Å². The molecule has 35 heavy (non-hydrogen) atoms. The maximum Gasteiger partial charge on any atom is 0.213 e. The van der Waals surface area contributed by atoms with Crippen molar-refractivity contribution in [3.05, 3.63) is 70.8 Å². The number of rotatable bonds is 10. The average molecular weight is 481 g/mol. The first-order valence-corrected chi connectivity index (χ1v) is 12.0. The summed E-state index contributed by atoms with van der Waals surface area (Å²) in [6.45, 7) is 8.51. The normalized spacial score (nSPS) is 15.2. The number of hydrogen-bond donors (Lipinski definition) is 1. The molecule has 0 aliphatic heterocycles. The third-order valence-corrected chi connectivity index (χ3v) is 5.92. The Balaban J connectivity index is 1.38. The summed E-state index contributed by atoms with van der Waals surface area (Å²) in [5.74, 6) is 1.31. The smallest absolute Gasteiger partial charge is 0.213 e. The van der Waals surface area contributed by atoms with Crippen molar-refractivity contribution in [1.82, 2.24) is 9.97 Å². The maximum atomic E-state index is 14.5. The van der Waals surface area contributed by atoms with E-state index < -0.39 is 5.60 Å². The highest BCUT2D eigenvalue weighted by Crippen LogP contribution is 2.29. The zero-order chi connectivity index (χ0) is 25.0. The van der Waals surface area contributed by atoms with E-state index in [1.165, 1.54) is 17.2 Å². The van der Waals surface area contributed by atoms with E-state index in [4.69, 9.17) is 14.2 Å². The van der Waals surface area contributed by atoms with Gasteiger partial charge >= 0.3 is 0 Å². The fraction of sp³-hybridized carbons (Fsp3) is 0.429. The Morgan fingerprint density at radius 3 is 2.60 bits per heavy atom. The summed E-state index contributed by atoms with van der Waals surface area (Å²) < 4.78 is 31.4. The first-order chi connectivity index (χ1) is 16.7. The lowest BCUT2D eigenvalue weighted by molar-refractivity contribution is -0.0273. The number of aliphatic hydroxyl groups is 1. The Bertz CT molecular complexity index is 1180. The molecule has 0 saturated heterocycles. The van der Waals surface area contributed by atoms with Crippen molar-refractivity contribution in [2.75, 3.05) is 19.8 Å². The molecule has 1 aromatic carbocycles. The number of fused-ring (bicyclic) bond motifs is 1. The Morgan fingerprint density at radius 2 is 1.83 bits per heavy atom. The summed E-state index contributed by atoms with van der Waals surface area (Å²) in [7, 11) is 0.